The Morgan fingerprint density at radius 3 is 2.89 bits per heavy atom. The molecule has 0 amide bonds. The summed E-state index contributed by atoms with van der Waals surface area (Å²) in [6.45, 7) is 1.77. The Hall–Kier alpha value is -1.94. The second kappa shape index (κ2) is 4.07. The SMILES string of the molecule is Cc1c(C(=O)c2cccs2)oc2ccc(F)cc12. The van der Waals surface area contributed by atoms with Gasteiger partial charge in [-0.1, -0.05) is 6.07 Å². The summed E-state index contributed by atoms with van der Waals surface area (Å²) in [6.07, 6.45) is 0. The molecule has 90 valence electrons. The highest BCUT2D eigenvalue weighted by atomic mass is 32.1. The quantitative estimate of drug-likeness (QED) is 0.647. The van der Waals surface area contributed by atoms with E-state index in [9.17, 15) is 9.18 Å². The molecule has 2 heterocycles. The first kappa shape index (κ1) is 11.2. The van der Waals surface area contributed by atoms with E-state index in [1.54, 1.807) is 19.1 Å². The molecule has 3 rings (SSSR count). The number of benzene rings is 1. The van der Waals surface area contributed by atoms with Crippen LogP contribution >= 0.6 is 11.3 Å². The van der Waals surface area contributed by atoms with Crippen molar-refractivity contribution >= 4 is 28.1 Å². The van der Waals surface area contributed by atoms with Gasteiger partial charge in [-0.2, -0.15) is 0 Å². The van der Waals surface area contributed by atoms with Gasteiger partial charge in [0.15, 0.2) is 5.76 Å². The summed E-state index contributed by atoms with van der Waals surface area (Å²) in [4.78, 5) is 12.8. The van der Waals surface area contributed by atoms with Gasteiger partial charge < -0.3 is 4.42 Å². The lowest BCUT2D eigenvalue weighted by Gasteiger charge is -1.94. The van der Waals surface area contributed by atoms with Gasteiger partial charge in [0.1, 0.15) is 11.4 Å². The Balaban J connectivity index is 2.19. The second-order valence-corrected chi connectivity index (χ2v) is 4.95. The Bertz CT molecular complexity index is 726. The fraction of sp³-hybridized carbons (Fsp3) is 0.0714. The van der Waals surface area contributed by atoms with Crippen LogP contribution in [0.15, 0.2) is 40.1 Å². The maximum absolute atomic E-state index is 13.2. The average Bonchev–Trinajstić information content (AvgIpc) is 2.98. The number of fused-ring (bicyclic) bond motifs is 1. The van der Waals surface area contributed by atoms with Crippen molar-refractivity contribution in [3.63, 3.8) is 0 Å². The van der Waals surface area contributed by atoms with Gasteiger partial charge in [0.25, 0.3) is 0 Å². The maximum atomic E-state index is 13.2. The average molecular weight is 260 g/mol. The molecule has 0 aliphatic heterocycles. The summed E-state index contributed by atoms with van der Waals surface area (Å²) in [7, 11) is 0. The lowest BCUT2D eigenvalue weighted by Crippen LogP contribution is -1.98. The van der Waals surface area contributed by atoms with E-state index in [1.165, 1.54) is 23.5 Å². The van der Waals surface area contributed by atoms with Crippen LogP contribution in [-0.2, 0) is 0 Å². The molecule has 0 unspecified atom stereocenters. The standard InChI is InChI=1S/C14H9FO2S/c1-8-10-7-9(15)4-5-11(10)17-14(8)13(16)12-3-2-6-18-12/h2-7H,1H3. The molecule has 0 spiro atoms. The molecule has 2 aromatic heterocycles. The molecule has 3 aromatic rings. The monoisotopic (exact) mass is 260 g/mol. The van der Waals surface area contributed by atoms with Gasteiger partial charge in [-0.05, 0) is 36.6 Å². The van der Waals surface area contributed by atoms with E-state index in [4.69, 9.17) is 4.42 Å². The number of carbonyl (C=O) groups excluding carboxylic acids is 1. The molecule has 0 radical (unpaired) electrons. The zero-order chi connectivity index (χ0) is 12.7. The van der Waals surface area contributed by atoms with E-state index < -0.39 is 0 Å². The molecule has 18 heavy (non-hydrogen) atoms. The van der Waals surface area contributed by atoms with Gasteiger partial charge in [0.2, 0.25) is 5.78 Å². The second-order valence-electron chi connectivity index (χ2n) is 4.00. The molecule has 4 heteroatoms. The van der Waals surface area contributed by atoms with Gasteiger partial charge in [0.05, 0.1) is 4.88 Å². The Morgan fingerprint density at radius 2 is 2.17 bits per heavy atom. The van der Waals surface area contributed by atoms with Crippen LogP contribution in [0.1, 0.15) is 21.0 Å². The summed E-state index contributed by atoms with van der Waals surface area (Å²) in [6, 6.07) is 7.82. The van der Waals surface area contributed by atoms with E-state index in [1.807, 2.05) is 11.4 Å². The Morgan fingerprint density at radius 1 is 1.33 bits per heavy atom. The van der Waals surface area contributed by atoms with E-state index in [0.29, 0.717) is 21.4 Å². The van der Waals surface area contributed by atoms with Gasteiger partial charge in [-0.3, -0.25) is 4.79 Å². The highest BCUT2D eigenvalue weighted by molar-refractivity contribution is 7.12. The predicted octanol–water partition coefficient (Wildman–Crippen LogP) is 4.17. The van der Waals surface area contributed by atoms with Crippen LogP contribution in [-0.4, -0.2) is 5.78 Å². The minimum atomic E-state index is -0.332. The zero-order valence-corrected chi connectivity index (χ0v) is 10.4. The van der Waals surface area contributed by atoms with Gasteiger partial charge >= 0.3 is 0 Å². The van der Waals surface area contributed by atoms with Crippen molar-refractivity contribution in [1.29, 1.82) is 0 Å². The lowest BCUT2D eigenvalue weighted by atomic mass is 10.1. The molecule has 0 saturated carbocycles. The summed E-state index contributed by atoms with van der Waals surface area (Å²) >= 11 is 1.36. The van der Waals surface area contributed by atoms with Gasteiger partial charge in [-0.15, -0.1) is 11.3 Å². The summed E-state index contributed by atoms with van der Waals surface area (Å²) in [5, 5.41) is 2.49. The summed E-state index contributed by atoms with van der Waals surface area (Å²) in [5.74, 6) is -0.196. The number of furan rings is 1. The first-order valence-electron chi connectivity index (χ1n) is 5.43. The number of thiophene rings is 1. The van der Waals surface area contributed by atoms with E-state index >= 15 is 0 Å². The van der Waals surface area contributed by atoms with Crippen LogP contribution in [0.2, 0.25) is 0 Å². The van der Waals surface area contributed by atoms with Crippen LogP contribution in [0.25, 0.3) is 11.0 Å². The number of rotatable bonds is 2. The van der Waals surface area contributed by atoms with Crippen molar-refractivity contribution in [3.8, 4) is 0 Å². The third-order valence-electron chi connectivity index (χ3n) is 2.85. The minimum absolute atomic E-state index is 0.154. The highest BCUT2D eigenvalue weighted by Gasteiger charge is 2.19. The van der Waals surface area contributed by atoms with E-state index in [-0.39, 0.29) is 17.4 Å². The topological polar surface area (TPSA) is 30.2 Å². The molecular formula is C14H9FO2S. The molecular weight excluding hydrogens is 251 g/mol. The number of hydrogen-bond donors (Lipinski definition) is 0. The van der Waals surface area contributed by atoms with Crippen molar-refractivity contribution < 1.29 is 13.6 Å². The lowest BCUT2D eigenvalue weighted by molar-refractivity contribution is 0.101. The molecule has 0 bridgehead atoms. The van der Waals surface area contributed by atoms with Crippen molar-refractivity contribution in [2.45, 2.75) is 6.92 Å². The highest BCUT2D eigenvalue weighted by Crippen LogP contribution is 2.28. The fourth-order valence-electron chi connectivity index (χ4n) is 1.93. The number of halogens is 1. The van der Waals surface area contributed by atoms with Crippen molar-refractivity contribution in [3.05, 3.63) is 57.7 Å². The third kappa shape index (κ3) is 1.66. The molecule has 0 N–H and O–H groups in total. The van der Waals surface area contributed by atoms with Crippen molar-refractivity contribution in [2.75, 3.05) is 0 Å². The normalized spacial score (nSPS) is 11.0. The molecule has 0 aliphatic carbocycles. The predicted molar refractivity (Wildman–Crippen MR) is 68.7 cm³/mol. The number of ketones is 1. The third-order valence-corrected chi connectivity index (χ3v) is 3.72. The number of aryl methyl sites for hydroxylation is 1. The van der Waals surface area contributed by atoms with Crippen LogP contribution in [0.5, 0.6) is 0 Å². The zero-order valence-electron chi connectivity index (χ0n) is 9.57. The van der Waals surface area contributed by atoms with Crippen LogP contribution < -0.4 is 0 Å². The largest absolute Gasteiger partial charge is 0.452 e. The summed E-state index contributed by atoms with van der Waals surface area (Å²) in [5.41, 5.74) is 1.22. The van der Waals surface area contributed by atoms with Gasteiger partial charge in [0, 0.05) is 10.9 Å². The van der Waals surface area contributed by atoms with Crippen LogP contribution in [0, 0.1) is 12.7 Å². The minimum Gasteiger partial charge on any atom is -0.452 e. The number of hydrogen-bond acceptors (Lipinski definition) is 3. The molecule has 2 nitrogen and oxygen atoms in total. The molecule has 0 saturated heterocycles. The van der Waals surface area contributed by atoms with Crippen molar-refractivity contribution in [1.82, 2.24) is 0 Å². The van der Waals surface area contributed by atoms with Crippen LogP contribution in [0.4, 0.5) is 4.39 Å². The Labute approximate surface area is 107 Å². The maximum Gasteiger partial charge on any atom is 0.238 e. The van der Waals surface area contributed by atoms with E-state index in [0.717, 1.165) is 0 Å². The number of carbonyl (C=O) groups is 1. The molecule has 0 fully saturated rings. The first-order chi connectivity index (χ1) is 8.66. The first-order valence-corrected chi connectivity index (χ1v) is 6.31. The van der Waals surface area contributed by atoms with E-state index in [2.05, 4.69) is 0 Å². The Kier molecular flexibility index (Phi) is 2.52. The summed E-state index contributed by atoms with van der Waals surface area (Å²) < 4.78 is 18.7. The molecule has 1 aromatic carbocycles. The van der Waals surface area contributed by atoms with Gasteiger partial charge in [-0.25, -0.2) is 4.39 Å². The molecule has 0 atom stereocenters. The van der Waals surface area contributed by atoms with Crippen LogP contribution in [0.3, 0.4) is 0 Å². The smallest absolute Gasteiger partial charge is 0.238 e. The fourth-order valence-corrected chi connectivity index (χ4v) is 2.59. The molecule has 0 aliphatic rings. The van der Waals surface area contributed by atoms with Crippen molar-refractivity contribution in [2.24, 2.45) is 0 Å².